The van der Waals surface area contributed by atoms with Crippen LogP contribution in [0.1, 0.15) is 10.5 Å². The molecule has 4 nitrogen and oxygen atoms in total. The lowest BCUT2D eigenvalue weighted by molar-refractivity contribution is 0.102. The summed E-state index contributed by atoms with van der Waals surface area (Å²) < 4.78 is 1.69. The van der Waals surface area contributed by atoms with E-state index in [-0.39, 0.29) is 5.91 Å². The van der Waals surface area contributed by atoms with Crippen LogP contribution in [0.5, 0.6) is 0 Å². The molecule has 0 fully saturated rings. The van der Waals surface area contributed by atoms with Crippen molar-refractivity contribution in [3.05, 3.63) is 60.4 Å². The second kappa shape index (κ2) is 5.38. The maximum atomic E-state index is 12.2. The molecule has 0 aliphatic rings. The average molecular weight is 283 g/mol. The fraction of sp³-hybridized carbons (Fsp3) is 0.0667. The van der Waals surface area contributed by atoms with Crippen LogP contribution >= 0.6 is 11.8 Å². The predicted molar refractivity (Wildman–Crippen MR) is 81.4 cm³/mol. The summed E-state index contributed by atoms with van der Waals surface area (Å²) in [5.74, 6) is -0.202. The van der Waals surface area contributed by atoms with E-state index in [2.05, 4.69) is 10.4 Å². The van der Waals surface area contributed by atoms with E-state index in [0.29, 0.717) is 5.69 Å². The Balaban J connectivity index is 1.85. The van der Waals surface area contributed by atoms with Crippen molar-refractivity contribution in [3.8, 4) is 0 Å². The van der Waals surface area contributed by atoms with Gasteiger partial charge in [0.05, 0.1) is 5.52 Å². The molecule has 20 heavy (non-hydrogen) atoms. The number of fused-ring (bicyclic) bond motifs is 1. The molecule has 0 spiro atoms. The standard InChI is InChI=1S/C15H13N3OS/c1-20-13-7-4-5-11(9-13)16-15(19)14-10-12-6-2-3-8-18(12)17-14/h2-10H,1H3,(H,16,19). The van der Waals surface area contributed by atoms with E-state index in [9.17, 15) is 4.79 Å². The van der Waals surface area contributed by atoms with Crippen LogP contribution in [0.25, 0.3) is 5.52 Å². The van der Waals surface area contributed by atoms with Gasteiger partial charge in [-0.1, -0.05) is 12.1 Å². The number of carbonyl (C=O) groups is 1. The summed E-state index contributed by atoms with van der Waals surface area (Å²) in [6.07, 6.45) is 3.82. The first kappa shape index (κ1) is 12.7. The van der Waals surface area contributed by atoms with Crippen LogP contribution in [-0.4, -0.2) is 21.8 Å². The van der Waals surface area contributed by atoms with Crippen molar-refractivity contribution >= 4 is 28.9 Å². The molecule has 1 N–H and O–H groups in total. The quantitative estimate of drug-likeness (QED) is 0.750. The van der Waals surface area contributed by atoms with Gasteiger partial charge in [-0.3, -0.25) is 4.79 Å². The maximum Gasteiger partial charge on any atom is 0.276 e. The molecule has 0 bridgehead atoms. The third kappa shape index (κ3) is 2.53. The van der Waals surface area contributed by atoms with Crippen LogP contribution in [0.4, 0.5) is 5.69 Å². The van der Waals surface area contributed by atoms with Gasteiger partial charge in [0.15, 0.2) is 5.69 Å². The van der Waals surface area contributed by atoms with Gasteiger partial charge in [0, 0.05) is 16.8 Å². The molecule has 0 aliphatic carbocycles. The van der Waals surface area contributed by atoms with Crippen molar-refractivity contribution in [2.75, 3.05) is 11.6 Å². The molecule has 0 saturated carbocycles. The van der Waals surface area contributed by atoms with Gasteiger partial charge >= 0.3 is 0 Å². The van der Waals surface area contributed by atoms with Gasteiger partial charge < -0.3 is 5.32 Å². The molecule has 3 rings (SSSR count). The molecular formula is C15H13N3OS. The predicted octanol–water partition coefficient (Wildman–Crippen LogP) is 3.31. The molecule has 100 valence electrons. The summed E-state index contributed by atoms with van der Waals surface area (Å²) in [5, 5.41) is 7.12. The highest BCUT2D eigenvalue weighted by Gasteiger charge is 2.10. The number of aromatic nitrogens is 2. The zero-order chi connectivity index (χ0) is 13.9. The summed E-state index contributed by atoms with van der Waals surface area (Å²) in [6, 6.07) is 15.2. The molecule has 0 atom stereocenters. The van der Waals surface area contributed by atoms with E-state index >= 15 is 0 Å². The van der Waals surface area contributed by atoms with E-state index in [1.165, 1.54) is 0 Å². The van der Waals surface area contributed by atoms with Gasteiger partial charge in [-0.15, -0.1) is 11.8 Å². The normalized spacial score (nSPS) is 10.7. The first-order valence-corrected chi connectivity index (χ1v) is 7.38. The highest BCUT2D eigenvalue weighted by molar-refractivity contribution is 7.98. The lowest BCUT2D eigenvalue weighted by Crippen LogP contribution is -2.12. The summed E-state index contributed by atoms with van der Waals surface area (Å²) in [4.78, 5) is 13.3. The van der Waals surface area contributed by atoms with Crippen LogP contribution in [0.3, 0.4) is 0 Å². The lowest BCUT2D eigenvalue weighted by atomic mass is 10.3. The number of hydrogen-bond donors (Lipinski definition) is 1. The second-order valence-electron chi connectivity index (χ2n) is 4.29. The fourth-order valence-electron chi connectivity index (χ4n) is 1.95. The topological polar surface area (TPSA) is 46.4 Å². The Morgan fingerprint density at radius 1 is 1.20 bits per heavy atom. The SMILES string of the molecule is CSc1cccc(NC(=O)c2cc3ccccn3n2)c1. The number of carbonyl (C=O) groups excluding carboxylic acids is 1. The molecule has 1 amide bonds. The molecule has 0 saturated heterocycles. The van der Waals surface area contributed by atoms with Crippen LogP contribution in [0.2, 0.25) is 0 Å². The number of benzene rings is 1. The number of thioether (sulfide) groups is 1. The molecule has 0 radical (unpaired) electrons. The number of hydrogen-bond acceptors (Lipinski definition) is 3. The minimum absolute atomic E-state index is 0.202. The van der Waals surface area contributed by atoms with Gasteiger partial charge in [0.25, 0.3) is 5.91 Å². The highest BCUT2D eigenvalue weighted by atomic mass is 32.2. The molecule has 2 heterocycles. The summed E-state index contributed by atoms with van der Waals surface area (Å²) in [7, 11) is 0. The lowest BCUT2D eigenvalue weighted by Gasteiger charge is -2.04. The van der Waals surface area contributed by atoms with Crippen LogP contribution in [-0.2, 0) is 0 Å². The van der Waals surface area contributed by atoms with E-state index in [1.807, 2.05) is 54.9 Å². The number of nitrogens with zero attached hydrogens (tertiary/aromatic N) is 2. The van der Waals surface area contributed by atoms with Gasteiger partial charge in [0.2, 0.25) is 0 Å². The Morgan fingerprint density at radius 3 is 2.90 bits per heavy atom. The highest BCUT2D eigenvalue weighted by Crippen LogP contribution is 2.19. The zero-order valence-electron chi connectivity index (χ0n) is 10.9. The van der Waals surface area contributed by atoms with E-state index in [4.69, 9.17) is 0 Å². The number of nitrogens with one attached hydrogen (secondary N) is 1. The number of rotatable bonds is 3. The van der Waals surface area contributed by atoms with Crippen LogP contribution in [0, 0.1) is 0 Å². The molecule has 5 heteroatoms. The molecule has 0 aliphatic heterocycles. The van der Waals surface area contributed by atoms with Crippen LogP contribution in [0.15, 0.2) is 59.6 Å². The number of anilines is 1. The molecule has 1 aromatic carbocycles. The average Bonchev–Trinajstić information content (AvgIpc) is 2.91. The molecule has 2 aromatic heterocycles. The van der Waals surface area contributed by atoms with E-state index in [0.717, 1.165) is 16.1 Å². The van der Waals surface area contributed by atoms with Crippen molar-refractivity contribution in [1.29, 1.82) is 0 Å². The second-order valence-corrected chi connectivity index (χ2v) is 5.17. The van der Waals surface area contributed by atoms with Gasteiger partial charge in [-0.2, -0.15) is 5.10 Å². The van der Waals surface area contributed by atoms with Crippen molar-refractivity contribution in [2.24, 2.45) is 0 Å². The number of amides is 1. The van der Waals surface area contributed by atoms with Gasteiger partial charge in [-0.05, 0) is 42.7 Å². The van der Waals surface area contributed by atoms with Crippen molar-refractivity contribution in [3.63, 3.8) is 0 Å². The third-order valence-electron chi connectivity index (χ3n) is 2.93. The summed E-state index contributed by atoms with van der Waals surface area (Å²) in [6.45, 7) is 0. The van der Waals surface area contributed by atoms with E-state index in [1.54, 1.807) is 22.3 Å². The van der Waals surface area contributed by atoms with Crippen LogP contribution < -0.4 is 5.32 Å². The largest absolute Gasteiger partial charge is 0.321 e. The van der Waals surface area contributed by atoms with Crippen molar-refractivity contribution in [2.45, 2.75) is 4.90 Å². The van der Waals surface area contributed by atoms with E-state index < -0.39 is 0 Å². The Kier molecular flexibility index (Phi) is 3.43. The van der Waals surface area contributed by atoms with Gasteiger partial charge in [-0.25, -0.2) is 4.52 Å². The number of pyridine rings is 1. The molecular weight excluding hydrogens is 270 g/mol. The Morgan fingerprint density at radius 2 is 2.10 bits per heavy atom. The summed E-state index contributed by atoms with van der Waals surface area (Å²) >= 11 is 1.64. The van der Waals surface area contributed by atoms with Gasteiger partial charge in [0.1, 0.15) is 0 Å². The fourth-order valence-corrected chi connectivity index (χ4v) is 2.40. The Labute approximate surface area is 120 Å². The third-order valence-corrected chi connectivity index (χ3v) is 3.66. The first-order chi connectivity index (χ1) is 9.76. The first-order valence-electron chi connectivity index (χ1n) is 6.16. The Bertz CT molecular complexity index is 733. The maximum absolute atomic E-state index is 12.2. The minimum atomic E-state index is -0.202. The zero-order valence-corrected chi connectivity index (χ0v) is 11.7. The smallest absolute Gasteiger partial charge is 0.276 e. The molecule has 3 aromatic rings. The monoisotopic (exact) mass is 283 g/mol. The Hall–Kier alpha value is -2.27. The van der Waals surface area contributed by atoms with Crippen molar-refractivity contribution < 1.29 is 4.79 Å². The minimum Gasteiger partial charge on any atom is -0.321 e. The summed E-state index contributed by atoms with van der Waals surface area (Å²) in [5.41, 5.74) is 2.08. The van der Waals surface area contributed by atoms with Crippen molar-refractivity contribution in [1.82, 2.24) is 9.61 Å². The molecule has 0 unspecified atom stereocenters.